The molecule has 4 rings (SSSR count). The number of hydrogen-bond acceptors (Lipinski definition) is 4. The number of hydrogen-bond donors (Lipinski definition) is 0. The van der Waals surface area contributed by atoms with Crippen molar-refractivity contribution in [2.45, 2.75) is 26.2 Å². The van der Waals surface area contributed by atoms with Gasteiger partial charge in [-0.05, 0) is 31.7 Å². The molecule has 0 aliphatic heterocycles. The minimum atomic E-state index is 0.812. The molecule has 1 aliphatic rings. The molecule has 3 aromatic heterocycles. The summed E-state index contributed by atoms with van der Waals surface area (Å²) in [5.74, 6) is 0.812. The molecule has 3 aromatic rings. The van der Waals surface area contributed by atoms with Crippen LogP contribution in [0.1, 0.15) is 22.7 Å². The number of aryl methyl sites for hydroxylation is 3. The van der Waals surface area contributed by atoms with Gasteiger partial charge in [-0.25, -0.2) is 14.5 Å². The molecule has 4 nitrogen and oxygen atoms in total. The topological polar surface area (TPSA) is 43.1 Å². The average molecular weight is 230 g/mol. The second kappa shape index (κ2) is 2.79. The molecular weight excluding hydrogens is 220 g/mol. The van der Waals surface area contributed by atoms with Crippen LogP contribution < -0.4 is 0 Å². The van der Waals surface area contributed by atoms with Gasteiger partial charge in [-0.3, -0.25) is 0 Å². The lowest BCUT2D eigenvalue weighted by Crippen LogP contribution is -1.90. The lowest BCUT2D eigenvalue weighted by molar-refractivity contribution is 0.905. The number of aromatic nitrogens is 4. The third-order valence-corrected chi connectivity index (χ3v) is 4.35. The fourth-order valence-corrected chi connectivity index (χ4v) is 3.72. The van der Waals surface area contributed by atoms with Gasteiger partial charge in [0.25, 0.3) is 0 Å². The quantitative estimate of drug-likeness (QED) is 0.594. The molecule has 0 spiro atoms. The standard InChI is InChI=1S/C11H10N4S/c1-6-13-10-9-7-3-2-4-8(7)16-11(9)12-5-15(10)14-6/h5H,2-4H2,1H3. The van der Waals surface area contributed by atoms with E-state index >= 15 is 0 Å². The first-order valence-electron chi connectivity index (χ1n) is 5.45. The zero-order valence-electron chi connectivity index (χ0n) is 8.90. The lowest BCUT2D eigenvalue weighted by Gasteiger charge is -1.95. The van der Waals surface area contributed by atoms with Crippen LogP contribution >= 0.6 is 11.3 Å². The van der Waals surface area contributed by atoms with Gasteiger partial charge in [0.05, 0.1) is 5.39 Å². The second-order valence-electron chi connectivity index (χ2n) is 4.21. The van der Waals surface area contributed by atoms with Crippen molar-refractivity contribution < 1.29 is 0 Å². The van der Waals surface area contributed by atoms with Crippen molar-refractivity contribution in [3.8, 4) is 0 Å². The maximum absolute atomic E-state index is 4.51. The first-order chi connectivity index (χ1) is 7.83. The predicted molar refractivity (Wildman–Crippen MR) is 62.9 cm³/mol. The van der Waals surface area contributed by atoms with E-state index in [0.29, 0.717) is 0 Å². The van der Waals surface area contributed by atoms with E-state index in [0.717, 1.165) is 16.3 Å². The van der Waals surface area contributed by atoms with Crippen LogP contribution in [0.4, 0.5) is 0 Å². The van der Waals surface area contributed by atoms with Crippen LogP contribution in [0.2, 0.25) is 0 Å². The summed E-state index contributed by atoms with van der Waals surface area (Å²) in [6, 6.07) is 0. The fourth-order valence-electron chi connectivity index (χ4n) is 2.50. The molecule has 1 aliphatic carbocycles. The van der Waals surface area contributed by atoms with E-state index in [2.05, 4.69) is 15.1 Å². The monoisotopic (exact) mass is 230 g/mol. The van der Waals surface area contributed by atoms with E-state index in [-0.39, 0.29) is 0 Å². The van der Waals surface area contributed by atoms with E-state index in [1.807, 2.05) is 18.3 Å². The van der Waals surface area contributed by atoms with Gasteiger partial charge in [0.15, 0.2) is 5.65 Å². The van der Waals surface area contributed by atoms with Crippen molar-refractivity contribution in [3.63, 3.8) is 0 Å². The Morgan fingerprint density at radius 3 is 3.25 bits per heavy atom. The Labute approximate surface area is 96.0 Å². The normalized spacial score (nSPS) is 15.1. The molecule has 0 atom stereocenters. The molecule has 0 N–H and O–H groups in total. The number of nitrogens with zero attached hydrogens (tertiary/aromatic N) is 4. The Bertz CT molecular complexity index is 709. The highest BCUT2D eigenvalue weighted by molar-refractivity contribution is 7.19. The predicted octanol–water partition coefficient (Wildman–Crippen LogP) is 2.14. The molecule has 0 radical (unpaired) electrons. The van der Waals surface area contributed by atoms with Crippen molar-refractivity contribution in [1.82, 2.24) is 19.6 Å². The zero-order chi connectivity index (χ0) is 10.7. The van der Waals surface area contributed by atoms with Gasteiger partial charge in [-0.2, -0.15) is 5.10 Å². The third-order valence-electron chi connectivity index (χ3n) is 3.15. The van der Waals surface area contributed by atoms with Gasteiger partial charge < -0.3 is 0 Å². The molecule has 0 aromatic carbocycles. The Balaban J connectivity index is 2.26. The summed E-state index contributed by atoms with van der Waals surface area (Å²) in [5.41, 5.74) is 2.44. The van der Waals surface area contributed by atoms with Gasteiger partial charge in [-0.15, -0.1) is 11.3 Å². The minimum absolute atomic E-state index is 0.812. The van der Waals surface area contributed by atoms with Crippen molar-refractivity contribution in [1.29, 1.82) is 0 Å². The van der Waals surface area contributed by atoms with E-state index < -0.39 is 0 Å². The average Bonchev–Trinajstić information content (AvgIpc) is 2.86. The Hall–Kier alpha value is -1.49. The van der Waals surface area contributed by atoms with Gasteiger partial charge in [0, 0.05) is 4.88 Å². The molecular formula is C11H10N4S. The SMILES string of the molecule is Cc1nc2c3c4c(sc3ncn2n1)CCC4. The van der Waals surface area contributed by atoms with Gasteiger partial charge in [-0.1, -0.05) is 0 Å². The van der Waals surface area contributed by atoms with Crippen LogP contribution in [0, 0.1) is 6.92 Å². The summed E-state index contributed by atoms with van der Waals surface area (Å²) in [5, 5.41) is 5.55. The summed E-state index contributed by atoms with van der Waals surface area (Å²) >= 11 is 1.82. The molecule has 0 unspecified atom stereocenters. The second-order valence-corrected chi connectivity index (χ2v) is 5.29. The summed E-state index contributed by atoms with van der Waals surface area (Å²) in [4.78, 5) is 11.6. The first kappa shape index (κ1) is 8.64. The number of thiophene rings is 1. The van der Waals surface area contributed by atoms with Crippen LogP contribution in [0.5, 0.6) is 0 Å². The maximum Gasteiger partial charge on any atom is 0.167 e. The Morgan fingerprint density at radius 1 is 1.38 bits per heavy atom. The molecule has 0 saturated heterocycles. The zero-order valence-corrected chi connectivity index (χ0v) is 9.71. The highest BCUT2D eigenvalue weighted by atomic mass is 32.1. The number of rotatable bonds is 0. The van der Waals surface area contributed by atoms with Crippen LogP contribution in [-0.4, -0.2) is 19.6 Å². The van der Waals surface area contributed by atoms with Crippen LogP contribution in [0.25, 0.3) is 15.9 Å². The smallest absolute Gasteiger partial charge is 0.167 e. The summed E-state index contributed by atoms with van der Waals surface area (Å²) in [6.07, 6.45) is 5.41. The molecule has 0 saturated carbocycles. The van der Waals surface area contributed by atoms with E-state index in [1.165, 1.54) is 35.1 Å². The summed E-state index contributed by atoms with van der Waals surface area (Å²) in [7, 11) is 0. The summed E-state index contributed by atoms with van der Waals surface area (Å²) < 4.78 is 1.79. The molecule has 0 bridgehead atoms. The van der Waals surface area contributed by atoms with Gasteiger partial charge in [0.1, 0.15) is 17.0 Å². The van der Waals surface area contributed by atoms with Crippen molar-refractivity contribution in [3.05, 3.63) is 22.6 Å². The van der Waals surface area contributed by atoms with E-state index in [1.54, 1.807) is 10.8 Å². The highest BCUT2D eigenvalue weighted by Gasteiger charge is 2.21. The highest BCUT2D eigenvalue weighted by Crippen LogP contribution is 2.37. The Kier molecular flexibility index (Phi) is 1.51. The number of fused-ring (bicyclic) bond motifs is 5. The summed E-state index contributed by atoms with van der Waals surface area (Å²) in [6.45, 7) is 1.92. The third kappa shape index (κ3) is 0.962. The Morgan fingerprint density at radius 2 is 2.31 bits per heavy atom. The molecule has 0 fully saturated rings. The van der Waals surface area contributed by atoms with Crippen molar-refractivity contribution >= 4 is 27.2 Å². The maximum atomic E-state index is 4.51. The van der Waals surface area contributed by atoms with Crippen molar-refractivity contribution in [2.24, 2.45) is 0 Å². The van der Waals surface area contributed by atoms with Crippen LogP contribution in [0.15, 0.2) is 6.33 Å². The molecule has 80 valence electrons. The van der Waals surface area contributed by atoms with Gasteiger partial charge in [0.2, 0.25) is 0 Å². The lowest BCUT2D eigenvalue weighted by atomic mass is 10.2. The largest absolute Gasteiger partial charge is 0.225 e. The molecule has 5 heteroatoms. The van der Waals surface area contributed by atoms with Crippen LogP contribution in [-0.2, 0) is 12.8 Å². The van der Waals surface area contributed by atoms with Crippen molar-refractivity contribution in [2.75, 3.05) is 0 Å². The van der Waals surface area contributed by atoms with Crippen LogP contribution in [0.3, 0.4) is 0 Å². The molecule has 3 heterocycles. The van der Waals surface area contributed by atoms with Gasteiger partial charge >= 0.3 is 0 Å². The van der Waals surface area contributed by atoms with E-state index in [9.17, 15) is 0 Å². The van der Waals surface area contributed by atoms with E-state index in [4.69, 9.17) is 0 Å². The fraction of sp³-hybridized carbons (Fsp3) is 0.364. The molecule has 0 amide bonds. The minimum Gasteiger partial charge on any atom is -0.225 e. The first-order valence-corrected chi connectivity index (χ1v) is 6.27. The molecule has 16 heavy (non-hydrogen) atoms.